The van der Waals surface area contributed by atoms with Crippen molar-refractivity contribution in [2.45, 2.75) is 17.3 Å². The van der Waals surface area contributed by atoms with Crippen molar-refractivity contribution in [1.29, 1.82) is 0 Å². The van der Waals surface area contributed by atoms with Gasteiger partial charge < -0.3 is 4.74 Å². The monoisotopic (exact) mass is 408 g/mol. The Hall–Kier alpha value is -0.330. The van der Waals surface area contributed by atoms with Crippen LogP contribution in [0.15, 0.2) is 22.4 Å². The van der Waals surface area contributed by atoms with Crippen molar-refractivity contribution >= 4 is 69.7 Å². The molecule has 4 nitrogen and oxygen atoms in total. The van der Waals surface area contributed by atoms with Gasteiger partial charge in [0.1, 0.15) is 5.69 Å². The number of benzene rings is 1. The summed E-state index contributed by atoms with van der Waals surface area (Å²) >= 11 is 29.0. The van der Waals surface area contributed by atoms with Crippen molar-refractivity contribution in [3.05, 3.63) is 27.2 Å². The number of carbonyl (C=O) groups excluding carboxylic acids is 1. The van der Waals surface area contributed by atoms with E-state index in [0.29, 0.717) is 11.4 Å². The number of hydrogen-bond donors (Lipinski definition) is 0. The van der Waals surface area contributed by atoms with Crippen LogP contribution in [-0.4, -0.2) is 23.7 Å². The van der Waals surface area contributed by atoms with Gasteiger partial charge in [-0.1, -0.05) is 58.0 Å². The van der Waals surface area contributed by atoms with Crippen LogP contribution in [0.4, 0.5) is 10.1 Å². The van der Waals surface area contributed by atoms with E-state index in [9.17, 15) is 9.18 Å². The average molecular weight is 410 g/mol. The Morgan fingerprint density at radius 3 is 2.32 bits per heavy atom. The zero-order chi connectivity index (χ0) is 16.8. The van der Waals surface area contributed by atoms with E-state index in [4.69, 9.17) is 62.7 Å². The van der Waals surface area contributed by atoms with Crippen molar-refractivity contribution < 1.29 is 13.9 Å². The van der Waals surface area contributed by atoms with Gasteiger partial charge in [0.2, 0.25) is 0 Å². The molecule has 22 heavy (non-hydrogen) atoms. The maximum atomic E-state index is 11.9. The molecule has 0 heterocycles. The number of halogens is 6. The van der Waals surface area contributed by atoms with Crippen molar-refractivity contribution in [1.82, 2.24) is 0 Å². The molecule has 0 saturated heterocycles. The summed E-state index contributed by atoms with van der Waals surface area (Å²) in [6.45, 7) is -0.528. The number of esters is 1. The largest absolute Gasteiger partial charge is 0.462 e. The van der Waals surface area contributed by atoms with Crippen LogP contribution in [-0.2, 0) is 9.53 Å². The highest BCUT2D eigenvalue weighted by molar-refractivity contribution is 6.57. The van der Waals surface area contributed by atoms with Crippen LogP contribution in [0.25, 0.3) is 0 Å². The Morgan fingerprint density at radius 2 is 1.77 bits per heavy atom. The summed E-state index contributed by atoms with van der Waals surface area (Å²) in [5.74, 6) is -1.03. The first kappa shape index (κ1) is 19.7. The van der Waals surface area contributed by atoms with Crippen LogP contribution in [0.3, 0.4) is 0 Å². The Labute approximate surface area is 151 Å². The molecule has 0 N–H and O–H groups in total. The molecule has 0 fully saturated rings. The molecular formula is C12H10Cl5FN2O2. The minimum atomic E-state index is -2.26. The Morgan fingerprint density at radius 1 is 1.18 bits per heavy atom. The highest BCUT2D eigenvalue weighted by Crippen LogP contribution is 2.37. The van der Waals surface area contributed by atoms with Crippen LogP contribution >= 0.6 is 58.0 Å². The van der Waals surface area contributed by atoms with Crippen molar-refractivity contribution in [3.8, 4) is 0 Å². The zero-order valence-electron chi connectivity index (χ0n) is 11.0. The molecule has 0 radical (unpaired) electrons. The third kappa shape index (κ3) is 6.05. The predicted molar refractivity (Wildman–Crippen MR) is 86.6 cm³/mol. The summed E-state index contributed by atoms with van der Waals surface area (Å²) in [5, 5.41) is 7.67. The normalized spacial score (nSPS) is 11.9. The maximum Gasteiger partial charge on any atom is 0.367 e. The molecular weight excluding hydrogens is 400 g/mol. The number of hydrogen-bond acceptors (Lipinski definition) is 4. The first-order valence-electron chi connectivity index (χ1n) is 5.96. The Balaban J connectivity index is 2.77. The van der Waals surface area contributed by atoms with Crippen LogP contribution in [0.5, 0.6) is 0 Å². The summed E-state index contributed by atoms with van der Waals surface area (Å²) in [4.78, 5) is 11.7. The van der Waals surface area contributed by atoms with Crippen LogP contribution in [0, 0.1) is 0 Å². The lowest BCUT2D eigenvalue weighted by atomic mass is 10.3. The van der Waals surface area contributed by atoms with Gasteiger partial charge in [0.05, 0.1) is 23.3 Å². The van der Waals surface area contributed by atoms with Gasteiger partial charge in [0.25, 0.3) is 0 Å². The topological polar surface area (TPSA) is 51.0 Å². The van der Waals surface area contributed by atoms with Gasteiger partial charge in [-0.15, -0.1) is 10.2 Å². The first-order valence-corrected chi connectivity index (χ1v) is 7.85. The number of unbranched alkanes of at least 4 members (excludes halogenated alkanes) is 1. The number of nitrogens with zero attached hydrogens (tertiary/aromatic N) is 2. The summed E-state index contributed by atoms with van der Waals surface area (Å²) in [6.07, 6.45) is 0.612. The summed E-state index contributed by atoms with van der Waals surface area (Å²) in [5.41, 5.74) is 0.0589. The second-order valence-corrected chi connectivity index (χ2v) is 6.53. The molecule has 1 rings (SSSR count). The summed E-state index contributed by atoms with van der Waals surface area (Å²) < 4.78 is 14.4. The highest BCUT2D eigenvalue weighted by atomic mass is 35.5. The molecule has 1 aromatic rings. The van der Waals surface area contributed by atoms with Gasteiger partial charge in [-0.25, -0.2) is 4.79 Å². The number of ether oxygens (including phenoxy) is 1. The van der Waals surface area contributed by atoms with E-state index in [1.54, 1.807) is 0 Å². The third-order valence-corrected chi connectivity index (χ3v) is 3.52. The molecule has 0 aliphatic rings. The standard InChI is InChI=1S/C12H10Cl5FN2O2/c13-7-5-8(14)10(9(15)6-7)19-20-12(16,17)11(21)22-4-2-1-3-18/h5-6H,1-4H2/b20-19+. The molecule has 0 spiro atoms. The van der Waals surface area contributed by atoms with Crippen LogP contribution < -0.4 is 0 Å². The Bertz CT molecular complexity index is 545. The van der Waals surface area contributed by atoms with Gasteiger partial charge in [0, 0.05) is 5.02 Å². The van der Waals surface area contributed by atoms with E-state index < -0.39 is 17.1 Å². The van der Waals surface area contributed by atoms with E-state index in [-0.39, 0.29) is 28.8 Å². The molecule has 0 unspecified atom stereocenters. The molecule has 122 valence electrons. The average Bonchev–Trinajstić information content (AvgIpc) is 2.42. The van der Waals surface area contributed by atoms with Crippen LogP contribution in [0.2, 0.25) is 15.1 Å². The summed E-state index contributed by atoms with van der Waals surface area (Å²) in [6, 6.07) is 2.78. The lowest BCUT2D eigenvalue weighted by Crippen LogP contribution is -2.26. The molecule has 0 aliphatic heterocycles. The fourth-order valence-corrected chi connectivity index (χ4v) is 2.31. The molecule has 0 atom stereocenters. The predicted octanol–water partition coefficient (Wildman–Crippen LogP) is 6.15. The number of rotatable bonds is 7. The van der Waals surface area contributed by atoms with E-state index >= 15 is 0 Å². The fourth-order valence-electron chi connectivity index (χ4n) is 1.23. The van der Waals surface area contributed by atoms with Crippen molar-refractivity contribution in [3.63, 3.8) is 0 Å². The van der Waals surface area contributed by atoms with Gasteiger partial charge >= 0.3 is 10.4 Å². The van der Waals surface area contributed by atoms with E-state index in [2.05, 4.69) is 10.2 Å². The second-order valence-electron chi connectivity index (χ2n) is 3.99. The SMILES string of the molecule is O=C(OCCCCF)C(Cl)(Cl)/N=N/c1c(Cl)cc(Cl)cc1Cl. The molecule has 0 saturated carbocycles. The first-order chi connectivity index (χ1) is 10.3. The van der Waals surface area contributed by atoms with Crippen LogP contribution in [0.1, 0.15) is 12.8 Å². The Kier molecular flexibility index (Phi) is 8.14. The minimum absolute atomic E-state index is 0.0259. The van der Waals surface area contributed by atoms with E-state index in [0.717, 1.165) is 0 Å². The van der Waals surface area contributed by atoms with Gasteiger partial charge in [0.15, 0.2) is 0 Å². The van der Waals surface area contributed by atoms with Crippen molar-refractivity contribution in [2.24, 2.45) is 10.2 Å². The number of carbonyl (C=O) groups is 1. The fraction of sp³-hybridized carbons (Fsp3) is 0.417. The van der Waals surface area contributed by atoms with E-state index in [1.807, 2.05) is 0 Å². The lowest BCUT2D eigenvalue weighted by molar-refractivity contribution is -0.144. The minimum Gasteiger partial charge on any atom is -0.462 e. The van der Waals surface area contributed by atoms with E-state index in [1.165, 1.54) is 12.1 Å². The number of azo groups is 1. The summed E-state index contributed by atoms with van der Waals surface area (Å²) in [7, 11) is 0. The number of alkyl halides is 3. The lowest BCUT2D eigenvalue weighted by Gasteiger charge is -2.12. The molecule has 0 aliphatic carbocycles. The smallest absolute Gasteiger partial charge is 0.367 e. The second kappa shape index (κ2) is 9.08. The molecule has 1 aromatic carbocycles. The molecule has 0 amide bonds. The molecule has 10 heteroatoms. The van der Waals surface area contributed by atoms with Gasteiger partial charge in [-0.2, -0.15) is 0 Å². The van der Waals surface area contributed by atoms with Gasteiger partial charge in [-0.05, 0) is 25.0 Å². The quantitative estimate of drug-likeness (QED) is 0.178. The zero-order valence-corrected chi connectivity index (χ0v) is 14.7. The highest BCUT2D eigenvalue weighted by Gasteiger charge is 2.36. The maximum absolute atomic E-state index is 11.9. The molecule has 0 bridgehead atoms. The third-order valence-electron chi connectivity index (χ3n) is 2.26. The molecule has 0 aromatic heterocycles. The van der Waals surface area contributed by atoms with Gasteiger partial charge in [-0.3, -0.25) is 4.39 Å². The van der Waals surface area contributed by atoms with Crippen molar-refractivity contribution in [2.75, 3.05) is 13.3 Å².